The van der Waals surface area contributed by atoms with Crippen LogP contribution in [0.25, 0.3) is 0 Å². The molecule has 23 heavy (non-hydrogen) atoms. The number of furan rings is 2. The third kappa shape index (κ3) is 4.06. The summed E-state index contributed by atoms with van der Waals surface area (Å²) >= 11 is 3.21. The van der Waals surface area contributed by atoms with E-state index in [4.69, 9.17) is 8.83 Å². The molecule has 6 heteroatoms. The molecule has 2 aromatic rings. The molecular formula is C17H21BrN2O3. The minimum absolute atomic E-state index is 0.0614. The van der Waals surface area contributed by atoms with Gasteiger partial charge in [-0.25, -0.2) is 0 Å². The summed E-state index contributed by atoms with van der Waals surface area (Å²) in [5, 5.41) is 2.96. The fourth-order valence-corrected chi connectivity index (χ4v) is 3.29. The summed E-state index contributed by atoms with van der Waals surface area (Å²) in [7, 11) is 0. The summed E-state index contributed by atoms with van der Waals surface area (Å²) in [4.78, 5) is 14.6. The number of hydrogen-bond acceptors (Lipinski definition) is 4. The maximum atomic E-state index is 12.2. The number of nitrogens with one attached hydrogen (secondary N) is 1. The molecule has 3 rings (SSSR count). The van der Waals surface area contributed by atoms with Crippen molar-refractivity contribution in [2.45, 2.75) is 32.2 Å². The van der Waals surface area contributed by atoms with Crippen molar-refractivity contribution in [3.63, 3.8) is 0 Å². The van der Waals surface area contributed by atoms with Crippen LogP contribution in [0.3, 0.4) is 0 Å². The first-order valence-electron chi connectivity index (χ1n) is 7.97. The average Bonchev–Trinajstić information content (AvgIpc) is 3.17. The number of halogens is 1. The molecule has 0 radical (unpaired) electrons. The van der Waals surface area contributed by atoms with Crippen LogP contribution in [0, 0.1) is 6.92 Å². The van der Waals surface area contributed by atoms with E-state index >= 15 is 0 Å². The fraction of sp³-hybridized carbons (Fsp3) is 0.471. The molecule has 0 aliphatic carbocycles. The Balaban J connectivity index is 1.69. The first kappa shape index (κ1) is 16.3. The van der Waals surface area contributed by atoms with Gasteiger partial charge in [0.2, 0.25) is 0 Å². The molecule has 1 aliphatic rings. The number of rotatable bonds is 5. The maximum Gasteiger partial charge on any atom is 0.287 e. The maximum absolute atomic E-state index is 12.2. The van der Waals surface area contributed by atoms with Crippen LogP contribution in [0.4, 0.5) is 0 Å². The minimum atomic E-state index is -0.207. The molecule has 0 unspecified atom stereocenters. The van der Waals surface area contributed by atoms with Gasteiger partial charge in [-0.3, -0.25) is 9.69 Å². The Morgan fingerprint density at radius 1 is 1.22 bits per heavy atom. The van der Waals surface area contributed by atoms with E-state index in [0.717, 1.165) is 24.6 Å². The van der Waals surface area contributed by atoms with E-state index in [-0.39, 0.29) is 11.9 Å². The van der Waals surface area contributed by atoms with Crippen molar-refractivity contribution in [1.29, 1.82) is 0 Å². The third-order valence-electron chi connectivity index (χ3n) is 4.17. The number of amides is 1. The standard InChI is InChI=1S/C17H21BrN2O3/c1-12-5-6-14(22-12)13(20-9-3-2-4-10-20)11-19-17(21)15-7-8-16(18)23-15/h5-8,13H,2-4,9-11H2,1H3,(H,19,21)/t13-/m0/s1. The Morgan fingerprint density at radius 3 is 2.61 bits per heavy atom. The van der Waals surface area contributed by atoms with Crippen molar-refractivity contribution in [1.82, 2.24) is 10.2 Å². The van der Waals surface area contributed by atoms with Crippen molar-refractivity contribution < 1.29 is 13.6 Å². The summed E-state index contributed by atoms with van der Waals surface area (Å²) in [5.74, 6) is 1.90. The first-order chi connectivity index (χ1) is 11.1. The van der Waals surface area contributed by atoms with Gasteiger partial charge in [-0.1, -0.05) is 6.42 Å². The lowest BCUT2D eigenvalue weighted by atomic mass is 10.1. The van der Waals surface area contributed by atoms with Gasteiger partial charge in [-0.2, -0.15) is 0 Å². The lowest BCUT2D eigenvalue weighted by Crippen LogP contribution is -2.40. The van der Waals surface area contributed by atoms with Crippen molar-refractivity contribution in [3.8, 4) is 0 Å². The van der Waals surface area contributed by atoms with Gasteiger partial charge in [-0.05, 0) is 73.1 Å². The molecule has 0 bridgehead atoms. The Kier molecular flexibility index (Phi) is 5.23. The SMILES string of the molecule is Cc1ccc([C@H](CNC(=O)c2ccc(Br)o2)N2CCCCC2)o1. The van der Waals surface area contributed by atoms with Gasteiger partial charge in [0, 0.05) is 6.54 Å². The second-order valence-corrected chi connectivity index (χ2v) is 6.66. The van der Waals surface area contributed by atoms with E-state index in [9.17, 15) is 4.79 Å². The van der Waals surface area contributed by atoms with Crippen LogP contribution in [-0.2, 0) is 0 Å². The molecule has 2 aromatic heterocycles. The molecule has 124 valence electrons. The quantitative estimate of drug-likeness (QED) is 0.854. The number of carbonyl (C=O) groups is 1. The Bertz CT molecular complexity index is 658. The number of carbonyl (C=O) groups excluding carboxylic acids is 1. The highest BCUT2D eigenvalue weighted by Crippen LogP contribution is 2.26. The molecule has 1 N–H and O–H groups in total. The number of nitrogens with zero attached hydrogens (tertiary/aromatic N) is 1. The van der Waals surface area contributed by atoms with Crippen LogP contribution < -0.4 is 5.32 Å². The average molecular weight is 381 g/mol. The summed E-state index contributed by atoms with van der Waals surface area (Å²) in [6.45, 7) is 4.51. The topological polar surface area (TPSA) is 58.6 Å². The van der Waals surface area contributed by atoms with E-state index in [2.05, 4.69) is 26.1 Å². The lowest BCUT2D eigenvalue weighted by Gasteiger charge is -2.33. The van der Waals surface area contributed by atoms with Crippen molar-refractivity contribution in [2.24, 2.45) is 0 Å². The third-order valence-corrected chi connectivity index (χ3v) is 4.60. The van der Waals surface area contributed by atoms with Crippen LogP contribution in [0.15, 0.2) is 37.8 Å². The number of aryl methyl sites for hydroxylation is 1. The molecule has 1 amide bonds. The smallest absolute Gasteiger partial charge is 0.287 e. The van der Waals surface area contributed by atoms with E-state index < -0.39 is 0 Å². The molecule has 0 spiro atoms. The van der Waals surface area contributed by atoms with Gasteiger partial charge in [0.25, 0.3) is 5.91 Å². The van der Waals surface area contributed by atoms with E-state index in [1.807, 2.05) is 19.1 Å². The molecule has 1 aliphatic heterocycles. The van der Waals surface area contributed by atoms with Gasteiger partial charge in [0.1, 0.15) is 11.5 Å². The van der Waals surface area contributed by atoms with Gasteiger partial charge in [0.05, 0.1) is 6.04 Å². The summed E-state index contributed by atoms with van der Waals surface area (Å²) in [6, 6.07) is 7.41. The summed E-state index contributed by atoms with van der Waals surface area (Å²) in [6.07, 6.45) is 3.65. The number of piperidine rings is 1. The largest absolute Gasteiger partial charge is 0.465 e. The highest BCUT2D eigenvalue weighted by Gasteiger charge is 2.25. The highest BCUT2D eigenvalue weighted by atomic mass is 79.9. The van der Waals surface area contributed by atoms with E-state index in [0.29, 0.717) is 17.0 Å². The highest BCUT2D eigenvalue weighted by molar-refractivity contribution is 9.10. The Morgan fingerprint density at radius 2 is 2.00 bits per heavy atom. The lowest BCUT2D eigenvalue weighted by molar-refractivity contribution is 0.0885. The zero-order valence-corrected chi connectivity index (χ0v) is 14.8. The van der Waals surface area contributed by atoms with Gasteiger partial charge in [0.15, 0.2) is 10.4 Å². The molecular weight excluding hydrogens is 360 g/mol. The molecule has 1 saturated heterocycles. The Labute approximate surface area is 144 Å². The number of hydrogen-bond donors (Lipinski definition) is 1. The monoisotopic (exact) mass is 380 g/mol. The molecule has 0 saturated carbocycles. The van der Waals surface area contributed by atoms with Crippen LogP contribution in [0.2, 0.25) is 0 Å². The van der Waals surface area contributed by atoms with Crippen molar-refractivity contribution in [2.75, 3.05) is 19.6 Å². The zero-order chi connectivity index (χ0) is 16.2. The summed E-state index contributed by atoms with van der Waals surface area (Å²) in [5.41, 5.74) is 0. The van der Waals surface area contributed by atoms with Gasteiger partial charge in [-0.15, -0.1) is 0 Å². The summed E-state index contributed by atoms with van der Waals surface area (Å²) < 4.78 is 11.7. The first-order valence-corrected chi connectivity index (χ1v) is 8.77. The van der Waals surface area contributed by atoms with Crippen LogP contribution in [0.5, 0.6) is 0 Å². The van der Waals surface area contributed by atoms with E-state index in [1.165, 1.54) is 19.3 Å². The second-order valence-electron chi connectivity index (χ2n) is 5.87. The molecule has 5 nitrogen and oxygen atoms in total. The van der Waals surface area contributed by atoms with Crippen LogP contribution in [0.1, 0.15) is 47.4 Å². The van der Waals surface area contributed by atoms with E-state index in [1.54, 1.807) is 12.1 Å². The molecule has 0 aromatic carbocycles. The van der Waals surface area contributed by atoms with Gasteiger partial charge >= 0.3 is 0 Å². The molecule has 1 atom stereocenters. The zero-order valence-electron chi connectivity index (χ0n) is 13.2. The Hall–Kier alpha value is -1.53. The van der Waals surface area contributed by atoms with Gasteiger partial charge < -0.3 is 14.2 Å². The predicted molar refractivity (Wildman–Crippen MR) is 90.4 cm³/mol. The van der Waals surface area contributed by atoms with Crippen LogP contribution in [-0.4, -0.2) is 30.4 Å². The molecule has 1 fully saturated rings. The number of likely N-dealkylation sites (tertiary alicyclic amines) is 1. The predicted octanol–water partition coefficient (Wildman–Crippen LogP) is 3.90. The normalized spacial score (nSPS) is 17.1. The fourth-order valence-electron chi connectivity index (χ4n) is 2.99. The van der Waals surface area contributed by atoms with Crippen molar-refractivity contribution in [3.05, 3.63) is 46.2 Å². The second kappa shape index (κ2) is 7.36. The van der Waals surface area contributed by atoms with Crippen molar-refractivity contribution >= 4 is 21.8 Å². The minimum Gasteiger partial charge on any atom is -0.465 e. The van der Waals surface area contributed by atoms with Crippen LogP contribution >= 0.6 is 15.9 Å². The molecule has 3 heterocycles.